The summed E-state index contributed by atoms with van der Waals surface area (Å²) < 4.78 is 11.3. The third kappa shape index (κ3) is 6.28. The molecule has 0 spiro atoms. The highest BCUT2D eigenvalue weighted by Gasteiger charge is 2.23. The van der Waals surface area contributed by atoms with Gasteiger partial charge in [0.2, 0.25) is 0 Å². The zero-order valence-corrected chi connectivity index (χ0v) is 18.3. The molecule has 1 saturated heterocycles. The predicted molar refractivity (Wildman–Crippen MR) is 122 cm³/mol. The van der Waals surface area contributed by atoms with Gasteiger partial charge >= 0.3 is 6.09 Å². The summed E-state index contributed by atoms with van der Waals surface area (Å²) in [4.78, 5) is 25.1. The molecule has 1 amide bonds. The first-order valence-corrected chi connectivity index (χ1v) is 10.9. The van der Waals surface area contributed by atoms with Crippen LogP contribution in [-0.4, -0.2) is 58.6 Å². The van der Waals surface area contributed by atoms with E-state index in [4.69, 9.17) is 9.47 Å². The van der Waals surface area contributed by atoms with Gasteiger partial charge < -0.3 is 14.4 Å². The van der Waals surface area contributed by atoms with Gasteiger partial charge in [-0.05, 0) is 48.9 Å². The zero-order valence-electron chi connectivity index (χ0n) is 18.3. The van der Waals surface area contributed by atoms with E-state index < -0.39 is 0 Å². The number of pyridine rings is 2. The number of amides is 1. The standard InChI is InChI=1S/C25H28N4O3/c1-20-3-2-4-22(27-20)19-28-14-16-29(17-15-28)25(30)32-24-7-5-21(6-8-24)11-18-31-23-9-12-26-13-10-23/h2-10,12-13H,11,14-19H2,1H3. The van der Waals surface area contributed by atoms with Crippen molar-refractivity contribution in [2.45, 2.75) is 19.9 Å². The van der Waals surface area contributed by atoms with Crippen molar-refractivity contribution in [2.24, 2.45) is 0 Å². The fourth-order valence-electron chi connectivity index (χ4n) is 3.62. The molecule has 0 saturated carbocycles. The zero-order chi connectivity index (χ0) is 22.2. The van der Waals surface area contributed by atoms with Gasteiger partial charge in [-0.1, -0.05) is 18.2 Å². The quantitative estimate of drug-likeness (QED) is 0.567. The van der Waals surface area contributed by atoms with Crippen molar-refractivity contribution in [2.75, 3.05) is 32.8 Å². The number of ether oxygens (including phenoxy) is 2. The molecule has 1 aromatic carbocycles. The molecule has 32 heavy (non-hydrogen) atoms. The summed E-state index contributed by atoms with van der Waals surface area (Å²) in [5.41, 5.74) is 3.21. The number of nitrogens with zero attached hydrogens (tertiary/aromatic N) is 4. The Kier molecular flexibility index (Phi) is 7.30. The first-order chi connectivity index (χ1) is 15.7. The second-order valence-electron chi connectivity index (χ2n) is 7.83. The maximum Gasteiger partial charge on any atom is 0.415 e. The number of benzene rings is 1. The van der Waals surface area contributed by atoms with Gasteiger partial charge in [-0.3, -0.25) is 14.9 Å². The first-order valence-electron chi connectivity index (χ1n) is 10.9. The number of carbonyl (C=O) groups is 1. The van der Waals surface area contributed by atoms with Crippen LogP contribution in [-0.2, 0) is 13.0 Å². The van der Waals surface area contributed by atoms with E-state index in [1.54, 1.807) is 17.3 Å². The fourth-order valence-corrected chi connectivity index (χ4v) is 3.62. The number of piperazine rings is 1. The second-order valence-corrected chi connectivity index (χ2v) is 7.83. The monoisotopic (exact) mass is 432 g/mol. The lowest BCUT2D eigenvalue weighted by Crippen LogP contribution is -2.49. The molecular weight excluding hydrogens is 404 g/mol. The van der Waals surface area contributed by atoms with Crippen molar-refractivity contribution in [1.82, 2.24) is 19.8 Å². The van der Waals surface area contributed by atoms with Crippen molar-refractivity contribution < 1.29 is 14.3 Å². The lowest BCUT2D eigenvalue weighted by Gasteiger charge is -2.33. The minimum absolute atomic E-state index is 0.299. The van der Waals surface area contributed by atoms with Crippen LogP contribution >= 0.6 is 0 Å². The van der Waals surface area contributed by atoms with E-state index in [2.05, 4.69) is 14.9 Å². The molecule has 7 nitrogen and oxygen atoms in total. The van der Waals surface area contributed by atoms with Crippen molar-refractivity contribution in [3.05, 3.63) is 83.9 Å². The summed E-state index contributed by atoms with van der Waals surface area (Å²) in [6.45, 7) is 6.29. The Bertz CT molecular complexity index is 1000. The van der Waals surface area contributed by atoms with Gasteiger partial charge in [0.1, 0.15) is 11.5 Å². The minimum Gasteiger partial charge on any atom is -0.493 e. The number of aryl methyl sites for hydroxylation is 1. The average Bonchev–Trinajstić information content (AvgIpc) is 2.81. The van der Waals surface area contributed by atoms with Crippen LogP contribution in [0.2, 0.25) is 0 Å². The van der Waals surface area contributed by atoms with E-state index in [1.807, 2.05) is 61.5 Å². The van der Waals surface area contributed by atoms with Crippen LogP contribution < -0.4 is 9.47 Å². The smallest absolute Gasteiger partial charge is 0.415 e. The van der Waals surface area contributed by atoms with Crippen molar-refractivity contribution >= 4 is 6.09 Å². The van der Waals surface area contributed by atoms with Gasteiger partial charge in [0.05, 0.1) is 12.3 Å². The van der Waals surface area contributed by atoms with Crippen LogP contribution in [0.15, 0.2) is 67.0 Å². The molecular formula is C25H28N4O3. The molecule has 0 N–H and O–H groups in total. The molecule has 1 aliphatic heterocycles. The van der Waals surface area contributed by atoms with E-state index in [-0.39, 0.29) is 6.09 Å². The topological polar surface area (TPSA) is 67.8 Å². The summed E-state index contributed by atoms with van der Waals surface area (Å²) >= 11 is 0. The Balaban J connectivity index is 1.19. The lowest BCUT2D eigenvalue weighted by atomic mass is 10.1. The van der Waals surface area contributed by atoms with Gasteiger partial charge in [0.25, 0.3) is 0 Å². The van der Waals surface area contributed by atoms with Crippen LogP contribution in [0, 0.1) is 6.92 Å². The maximum atomic E-state index is 12.5. The van der Waals surface area contributed by atoms with Gasteiger partial charge in [-0.25, -0.2) is 4.79 Å². The molecule has 3 aromatic rings. The van der Waals surface area contributed by atoms with Crippen molar-refractivity contribution in [1.29, 1.82) is 0 Å². The summed E-state index contributed by atoms with van der Waals surface area (Å²) in [5.74, 6) is 1.36. The van der Waals surface area contributed by atoms with E-state index in [0.29, 0.717) is 25.4 Å². The molecule has 1 aliphatic rings. The lowest BCUT2D eigenvalue weighted by molar-refractivity contribution is 0.107. The largest absolute Gasteiger partial charge is 0.493 e. The number of aromatic nitrogens is 2. The molecule has 2 aromatic heterocycles. The molecule has 3 heterocycles. The van der Waals surface area contributed by atoms with Crippen LogP contribution in [0.1, 0.15) is 17.0 Å². The van der Waals surface area contributed by atoms with Crippen LogP contribution in [0.5, 0.6) is 11.5 Å². The van der Waals surface area contributed by atoms with E-state index >= 15 is 0 Å². The summed E-state index contributed by atoms with van der Waals surface area (Å²) in [7, 11) is 0. The Morgan fingerprint density at radius 3 is 2.41 bits per heavy atom. The van der Waals surface area contributed by atoms with Crippen LogP contribution in [0.3, 0.4) is 0 Å². The Labute approximate surface area is 188 Å². The molecule has 4 rings (SSSR count). The minimum atomic E-state index is -0.299. The SMILES string of the molecule is Cc1cccc(CN2CCN(C(=O)Oc3ccc(CCOc4ccncc4)cc3)CC2)n1. The molecule has 0 atom stereocenters. The Morgan fingerprint density at radius 1 is 0.938 bits per heavy atom. The fraction of sp³-hybridized carbons (Fsp3) is 0.320. The molecule has 1 fully saturated rings. The normalized spacial score (nSPS) is 14.2. The summed E-state index contributed by atoms with van der Waals surface area (Å²) in [6.07, 6.45) is 3.89. The van der Waals surface area contributed by atoms with E-state index in [9.17, 15) is 4.79 Å². The van der Waals surface area contributed by atoms with Crippen LogP contribution in [0.25, 0.3) is 0 Å². The molecule has 7 heteroatoms. The average molecular weight is 433 g/mol. The van der Waals surface area contributed by atoms with Gasteiger partial charge in [0, 0.05) is 57.2 Å². The molecule has 0 bridgehead atoms. The number of rotatable bonds is 7. The third-order valence-corrected chi connectivity index (χ3v) is 5.40. The molecule has 0 unspecified atom stereocenters. The first kappa shape index (κ1) is 21.8. The van der Waals surface area contributed by atoms with E-state index in [1.165, 1.54) is 0 Å². The predicted octanol–water partition coefficient (Wildman–Crippen LogP) is 3.72. The van der Waals surface area contributed by atoms with Gasteiger partial charge in [-0.15, -0.1) is 0 Å². The molecule has 0 aliphatic carbocycles. The van der Waals surface area contributed by atoms with Crippen molar-refractivity contribution in [3.63, 3.8) is 0 Å². The summed E-state index contributed by atoms with van der Waals surface area (Å²) in [5, 5.41) is 0. The highest BCUT2D eigenvalue weighted by Crippen LogP contribution is 2.16. The highest BCUT2D eigenvalue weighted by molar-refractivity contribution is 5.70. The number of hydrogen-bond donors (Lipinski definition) is 0. The van der Waals surface area contributed by atoms with Crippen LogP contribution in [0.4, 0.5) is 4.79 Å². The Hall–Kier alpha value is -3.45. The number of carbonyl (C=O) groups excluding carboxylic acids is 1. The third-order valence-electron chi connectivity index (χ3n) is 5.40. The Morgan fingerprint density at radius 2 is 1.69 bits per heavy atom. The highest BCUT2D eigenvalue weighted by atomic mass is 16.6. The summed E-state index contributed by atoms with van der Waals surface area (Å²) in [6, 6.07) is 17.3. The second kappa shape index (κ2) is 10.7. The molecule has 0 radical (unpaired) electrons. The van der Waals surface area contributed by atoms with Gasteiger partial charge in [0.15, 0.2) is 0 Å². The van der Waals surface area contributed by atoms with Crippen molar-refractivity contribution in [3.8, 4) is 11.5 Å². The maximum absolute atomic E-state index is 12.5. The van der Waals surface area contributed by atoms with E-state index in [0.717, 1.165) is 48.8 Å². The molecule has 166 valence electrons. The number of hydrogen-bond acceptors (Lipinski definition) is 6. The van der Waals surface area contributed by atoms with Gasteiger partial charge in [-0.2, -0.15) is 0 Å².